The van der Waals surface area contributed by atoms with Crippen LogP contribution in [0.15, 0.2) is 12.2 Å². The number of likely N-dealkylation sites (tertiary alicyclic amines) is 1. The first kappa shape index (κ1) is 8.79. The minimum atomic E-state index is 0.664. The van der Waals surface area contributed by atoms with Gasteiger partial charge in [-0.25, -0.2) is 0 Å². The van der Waals surface area contributed by atoms with E-state index in [2.05, 4.69) is 30.9 Å². The van der Waals surface area contributed by atoms with E-state index >= 15 is 0 Å². The lowest BCUT2D eigenvalue weighted by molar-refractivity contribution is 0.300. The second-order valence-electron chi connectivity index (χ2n) is 3.32. The minimum Gasteiger partial charge on any atom is -0.297 e. The zero-order valence-electron chi connectivity index (χ0n) is 7.71. The Balaban J connectivity index is 2.27. The molecular formula is C10H19N. The number of hydrogen-bond donors (Lipinski definition) is 0. The fourth-order valence-corrected chi connectivity index (χ4v) is 1.60. The van der Waals surface area contributed by atoms with Crippen molar-refractivity contribution in [3.8, 4) is 0 Å². The Morgan fingerprint density at radius 3 is 2.55 bits per heavy atom. The van der Waals surface area contributed by atoms with Crippen molar-refractivity contribution in [1.82, 2.24) is 4.90 Å². The summed E-state index contributed by atoms with van der Waals surface area (Å²) >= 11 is 0. The van der Waals surface area contributed by atoms with E-state index in [1.807, 2.05) is 0 Å². The quantitative estimate of drug-likeness (QED) is 0.563. The highest BCUT2D eigenvalue weighted by Crippen LogP contribution is 2.11. The molecule has 0 amide bonds. The third-order valence-electron chi connectivity index (χ3n) is 2.37. The van der Waals surface area contributed by atoms with Gasteiger partial charge in [-0.1, -0.05) is 19.1 Å². The molecule has 0 aromatic carbocycles. The summed E-state index contributed by atoms with van der Waals surface area (Å²) in [6.07, 6.45) is 8.54. The topological polar surface area (TPSA) is 3.24 Å². The third kappa shape index (κ3) is 2.66. The van der Waals surface area contributed by atoms with Gasteiger partial charge in [0.05, 0.1) is 0 Å². The maximum Gasteiger partial charge on any atom is 0.0249 e. The molecule has 0 radical (unpaired) electrons. The second-order valence-corrected chi connectivity index (χ2v) is 3.32. The van der Waals surface area contributed by atoms with Crippen molar-refractivity contribution in [2.24, 2.45) is 0 Å². The number of rotatable bonds is 3. The lowest BCUT2D eigenvalue weighted by Crippen LogP contribution is -2.28. The van der Waals surface area contributed by atoms with Gasteiger partial charge in [-0.3, -0.25) is 4.90 Å². The molecule has 1 unspecified atom stereocenters. The van der Waals surface area contributed by atoms with Gasteiger partial charge in [0.15, 0.2) is 0 Å². The molecule has 0 N–H and O–H groups in total. The van der Waals surface area contributed by atoms with Gasteiger partial charge in [0.2, 0.25) is 0 Å². The van der Waals surface area contributed by atoms with Gasteiger partial charge in [-0.05, 0) is 39.3 Å². The van der Waals surface area contributed by atoms with Gasteiger partial charge in [0.25, 0.3) is 0 Å². The minimum absolute atomic E-state index is 0.664. The number of allylic oxidation sites excluding steroid dienone is 1. The molecule has 1 fully saturated rings. The normalized spacial score (nSPS) is 23.1. The van der Waals surface area contributed by atoms with Crippen molar-refractivity contribution >= 4 is 0 Å². The Bertz CT molecular complexity index is 123. The van der Waals surface area contributed by atoms with Gasteiger partial charge < -0.3 is 0 Å². The summed E-state index contributed by atoms with van der Waals surface area (Å²) in [5.74, 6) is 0. The first-order valence-electron chi connectivity index (χ1n) is 4.75. The van der Waals surface area contributed by atoms with Crippen molar-refractivity contribution in [2.75, 3.05) is 13.1 Å². The predicted molar refractivity (Wildman–Crippen MR) is 49.7 cm³/mol. The van der Waals surface area contributed by atoms with Crippen LogP contribution in [-0.4, -0.2) is 24.0 Å². The molecule has 1 heteroatoms. The molecule has 1 aliphatic heterocycles. The van der Waals surface area contributed by atoms with Crippen LogP contribution >= 0.6 is 0 Å². The van der Waals surface area contributed by atoms with E-state index in [0.29, 0.717) is 6.04 Å². The lowest BCUT2D eigenvalue weighted by Gasteiger charge is -2.20. The van der Waals surface area contributed by atoms with Gasteiger partial charge in [0.1, 0.15) is 0 Å². The number of hydrogen-bond acceptors (Lipinski definition) is 1. The molecule has 0 aliphatic carbocycles. The Morgan fingerprint density at radius 2 is 2.00 bits per heavy atom. The van der Waals surface area contributed by atoms with Crippen LogP contribution in [0.4, 0.5) is 0 Å². The Morgan fingerprint density at radius 1 is 1.36 bits per heavy atom. The Hall–Kier alpha value is -0.300. The lowest BCUT2D eigenvalue weighted by atomic mass is 10.2. The summed E-state index contributed by atoms with van der Waals surface area (Å²) in [6.45, 7) is 7.08. The van der Waals surface area contributed by atoms with Gasteiger partial charge in [-0.2, -0.15) is 0 Å². The van der Waals surface area contributed by atoms with Crippen molar-refractivity contribution in [2.45, 2.75) is 39.2 Å². The molecule has 0 aromatic rings. The maximum atomic E-state index is 2.55. The molecule has 11 heavy (non-hydrogen) atoms. The standard InChI is InChI=1S/C10H19N/c1-3-4-7-10(2)11-8-5-6-9-11/h4,7,10H,3,5-6,8-9H2,1-2H3/b7-4-. The Kier molecular flexibility index (Phi) is 3.64. The van der Waals surface area contributed by atoms with Gasteiger partial charge in [-0.15, -0.1) is 0 Å². The van der Waals surface area contributed by atoms with E-state index in [1.54, 1.807) is 0 Å². The molecule has 0 bridgehead atoms. The predicted octanol–water partition coefficient (Wildman–Crippen LogP) is 2.44. The zero-order valence-corrected chi connectivity index (χ0v) is 7.71. The van der Waals surface area contributed by atoms with E-state index in [4.69, 9.17) is 0 Å². The smallest absolute Gasteiger partial charge is 0.0249 e. The summed E-state index contributed by atoms with van der Waals surface area (Å²) in [6, 6.07) is 0.664. The van der Waals surface area contributed by atoms with E-state index in [-0.39, 0.29) is 0 Å². The highest BCUT2D eigenvalue weighted by molar-refractivity contribution is 4.92. The molecule has 1 aliphatic rings. The highest BCUT2D eigenvalue weighted by Gasteiger charge is 2.14. The first-order valence-corrected chi connectivity index (χ1v) is 4.75. The summed E-state index contributed by atoms with van der Waals surface area (Å²) < 4.78 is 0. The summed E-state index contributed by atoms with van der Waals surface area (Å²) in [4.78, 5) is 2.55. The summed E-state index contributed by atoms with van der Waals surface area (Å²) in [7, 11) is 0. The van der Waals surface area contributed by atoms with Crippen LogP contribution in [0.2, 0.25) is 0 Å². The van der Waals surface area contributed by atoms with Crippen LogP contribution in [0.1, 0.15) is 33.1 Å². The molecule has 1 rings (SSSR count). The first-order chi connectivity index (χ1) is 5.34. The average molecular weight is 153 g/mol. The van der Waals surface area contributed by atoms with E-state index < -0.39 is 0 Å². The molecule has 1 nitrogen and oxygen atoms in total. The van der Waals surface area contributed by atoms with Crippen molar-refractivity contribution in [3.63, 3.8) is 0 Å². The van der Waals surface area contributed by atoms with Crippen molar-refractivity contribution < 1.29 is 0 Å². The summed E-state index contributed by atoms with van der Waals surface area (Å²) in [5.41, 5.74) is 0. The van der Waals surface area contributed by atoms with Crippen LogP contribution < -0.4 is 0 Å². The van der Waals surface area contributed by atoms with Crippen LogP contribution in [0.5, 0.6) is 0 Å². The molecule has 64 valence electrons. The Labute approximate surface area is 70.1 Å². The van der Waals surface area contributed by atoms with Gasteiger partial charge in [0, 0.05) is 6.04 Å². The van der Waals surface area contributed by atoms with Crippen molar-refractivity contribution in [3.05, 3.63) is 12.2 Å². The molecule has 0 saturated carbocycles. The zero-order chi connectivity index (χ0) is 8.10. The molecule has 1 heterocycles. The molecular weight excluding hydrogens is 134 g/mol. The number of nitrogens with zero attached hydrogens (tertiary/aromatic N) is 1. The average Bonchev–Trinajstić information content (AvgIpc) is 2.52. The monoisotopic (exact) mass is 153 g/mol. The van der Waals surface area contributed by atoms with Crippen LogP contribution in [0.3, 0.4) is 0 Å². The fraction of sp³-hybridized carbons (Fsp3) is 0.800. The van der Waals surface area contributed by atoms with E-state index in [1.165, 1.54) is 25.9 Å². The van der Waals surface area contributed by atoms with Crippen LogP contribution in [0, 0.1) is 0 Å². The molecule has 1 saturated heterocycles. The largest absolute Gasteiger partial charge is 0.297 e. The molecule has 0 spiro atoms. The van der Waals surface area contributed by atoms with Crippen LogP contribution in [-0.2, 0) is 0 Å². The highest BCUT2D eigenvalue weighted by atomic mass is 15.2. The maximum absolute atomic E-state index is 2.55. The van der Waals surface area contributed by atoms with Gasteiger partial charge >= 0.3 is 0 Å². The second kappa shape index (κ2) is 4.55. The third-order valence-corrected chi connectivity index (χ3v) is 2.37. The van der Waals surface area contributed by atoms with Crippen molar-refractivity contribution in [1.29, 1.82) is 0 Å². The van der Waals surface area contributed by atoms with Crippen LogP contribution in [0.25, 0.3) is 0 Å². The van der Waals surface area contributed by atoms with E-state index in [0.717, 1.165) is 6.42 Å². The summed E-state index contributed by atoms with van der Waals surface area (Å²) in [5, 5.41) is 0. The van der Waals surface area contributed by atoms with E-state index in [9.17, 15) is 0 Å². The molecule has 0 aromatic heterocycles. The molecule has 1 atom stereocenters. The SMILES string of the molecule is CC/C=C\C(C)N1CCCC1. The fourth-order valence-electron chi connectivity index (χ4n) is 1.60.